The summed E-state index contributed by atoms with van der Waals surface area (Å²) in [5.74, 6) is 0.779. The van der Waals surface area contributed by atoms with Gasteiger partial charge >= 0.3 is 0 Å². The number of aromatic amines is 1. The maximum Gasteiger partial charge on any atom is 0.243 e. The summed E-state index contributed by atoms with van der Waals surface area (Å²) in [5.41, 5.74) is 3.85. The minimum absolute atomic E-state index is 0.313. The van der Waals surface area contributed by atoms with Crippen LogP contribution in [0.5, 0.6) is 0 Å². The summed E-state index contributed by atoms with van der Waals surface area (Å²) >= 11 is 0. The third-order valence-corrected chi connectivity index (χ3v) is 6.15. The van der Waals surface area contributed by atoms with E-state index in [0.717, 1.165) is 28.8 Å². The van der Waals surface area contributed by atoms with Gasteiger partial charge in [0.15, 0.2) is 0 Å². The van der Waals surface area contributed by atoms with Gasteiger partial charge < -0.3 is 4.98 Å². The van der Waals surface area contributed by atoms with Crippen LogP contribution in [-0.4, -0.2) is 29.2 Å². The van der Waals surface area contributed by atoms with E-state index in [2.05, 4.69) is 16.0 Å². The molecule has 2 aromatic carbocycles. The summed E-state index contributed by atoms with van der Waals surface area (Å²) in [6, 6.07) is 13.1. The van der Waals surface area contributed by atoms with Crippen LogP contribution in [0.1, 0.15) is 17.0 Å². The van der Waals surface area contributed by atoms with E-state index < -0.39 is 10.0 Å². The quantitative estimate of drug-likeness (QED) is 0.787. The van der Waals surface area contributed by atoms with Gasteiger partial charge in [-0.05, 0) is 42.7 Å². The summed E-state index contributed by atoms with van der Waals surface area (Å²) in [6.07, 6.45) is 0.751. The van der Waals surface area contributed by atoms with Crippen molar-refractivity contribution < 1.29 is 8.42 Å². The highest BCUT2D eigenvalue weighted by Gasteiger charge is 2.28. The van der Waals surface area contributed by atoms with Gasteiger partial charge in [-0.2, -0.15) is 4.31 Å². The molecule has 0 aliphatic carbocycles. The van der Waals surface area contributed by atoms with Crippen molar-refractivity contribution in [3.05, 3.63) is 59.4 Å². The molecule has 1 aromatic heterocycles. The fraction of sp³-hybridized carbons (Fsp3) is 0.235. The summed E-state index contributed by atoms with van der Waals surface area (Å²) in [7, 11) is -3.50. The molecular formula is C17H17N3O2S. The first-order valence-corrected chi connectivity index (χ1v) is 9.01. The zero-order valence-corrected chi connectivity index (χ0v) is 13.6. The molecule has 0 amide bonds. The molecule has 0 saturated heterocycles. The van der Waals surface area contributed by atoms with Gasteiger partial charge in [-0.15, -0.1) is 0 Å². The number of nitrogens with one attached hydrogen (secondary N) is 1. The second-order valence-electron chi connectivity index (χ2n) is 5.86. The van der Waals surface area contributed by atoms with Crippen LogP contribution >= 0.6 is 0 Å². The summed E-state index contributed by atoms with van der Waals surface area (Å²) < 4.78 is 27.4. The van der Waals surface area contributed by atoms with E-state index in [-0.39, 0.29) is 0 Å². The Morgan fingerprint density at radius 1 is 1.13 bits per heavy atom. The topological polar surface area (TPSA) is 66.1 Å². The van der Waals surface area contributed by atoms with Crippen LogP contribution in [0.25, 0.3) is 11.0 Å². The zero-order chi connectivity index (χ0) is 16.0. The van der Waals surface area contributed by atoms with Crippen LogP contribution in [0, 0.1) is 6.92 Å². The van der Waals surface area contributed by atoms with Gasteiger partial charge in [0.2, 0.25) is 10.0 Å². The number of hydrogen-bond acceptors (Lipinski definition) is 3. The molecule has 1 N–H and O–H groups in total. The molecule has 0 unspecified atom stereocenters. The number of benzene rings is 2. The monoisotopic (exact) mass is 327 g/mol. The number of imidazole rings is 1. The number of H-pyrrole nitrogens is 1. The summed E-state index contributed by atoms with van der Waals surface area (Å²) in [5, 5.41) is 0. The third kappa shape index (κ3) is 2.44. The Morgan fingerprint density at radius 2 is 1.91 bits per heavy atom. The number of fused-ring (bicyclic) bond motifs is 2. The van der Waals surface area contributed by atoms with E-state index in [1.807, 2.05) is 25.1 Å². The Kier molecular flexibility index (Phi) is 3.25. The largest absolute Gasteiger partial charge is 0.342 e. The van der Waals surface area contributed by atoms with E-state index in [0.29, 0.717) is 18.0 Å². The van der Waals surface area contributed by atoms with Crippen molar-refractivity contribution >= 4 is 21.1 Å². The lowest BCUT2D eigenvalue weighted by atomic mass is 10.0. The lowest BCUT2D eigenvalue weighted by molar-refractivity contribution is 0.391. The first-order chi connectivity index (χ1) is 11.0. The standard InChI is InChI=1S/C17H17N3O2S/c1-12-18-16-7-6-15(10-17(16)19-12)23(21,22)20-9-8-13-4-2-3-5-14(13)11-20/h2-7,10H,8-9,11H2,1H3,(H,18,19). The Hall–Kier alpha value is -2.18. The molecule has 1 aliphatic rings. The first kappa shape index (κ1) is 14.4. The van der Waals surface area contributed by atoms with Crippen molar-refractivity contribution in [2.24, 2.45) is 0 Å². The minimum Gasteiger partial charge on any atom is -0.342 e. The van der Waals surface area contributed by atoms with Crippen molar-refractivity contribution in [2.75, 3.05) is 6.54 Å². The molecule has 0 fully saturated rings. The molecule has 6 heteroatoms. The van der Waals surface area contributed by atoms with E-state index in [4.69, 9.17) is 0 Å². The average molecular weight is 327 g/mol. The van der Waals surface area contributed by atoms with Crippen LogP contribution < -0.4 is 0 Å². The number of sulfonamides is 1. The minimum atomic E-state index is -3.50. The first-order valence-electron chi connectivity index (χ1n) is 7.57. The lowest BCUT2D eigenvalue weighted by Crippen LogP contribution is -2.35. The van der Waals surface area contributed by atoms with Crippen molar-refractivity contribution in [2.45, 2.75) is 24.8 Å². The van der Waals surface area contributed by atoms with Gasteiger partial charge in [0.1, 0.15) is 5.82 Å². The van der Waals surface area contributed by atoms with Gasteiger partial charge in [-0.25, -0.2) is 13.4 Å². The molecule has 23 heavy (non-hydrogen) atoms. The number of aryl methyl sites for hydroxylation is 1. The Bertz CT molecular complexity index is 992. The normalized spacial score (nSPS) is 15.7. The third-order valence-electron chi connectivity index (χ3n) is 4.31. The van der Waals surface area contributed by atoms with Crippen LogP contribution in [0.15, 0.2) is 47.4 Å². The second-order valence-corrected chi connectivity index (χ2v) is 7.80. The molecule has 0 spiro atoms. The molecule has 5 nitrogen and oxygen atoms in total. The fourth-order valence-electron chi connectivity index (χ4n) is 3.10. The second kappa shape index (κ2) is 5.18. The molecule has 4 rings (SSSR count). The van der Waals surface area contributed by atoms with Crippen LogP contribution in [0.3, 0.4) is 0 Å². The highest BCUT2D eigenvalue weighted by Crippen LogP contribution is 2.26. The van der Waals surface area contributed by atoms with Crippen LogP contribution in [0.4, 0.5) is 0 Å². The van der Waals surface area contributed by atoms with Gasteiger partial charge in [0.25, 0.3) is 0 Å². The van der Waals surface area contributed by atoms with Gasteiger partial charge in [-0.3, -0.25) is 0 Å². The van der Waals surface area contributed by atoms with Crippen molar-refractivity contribution in [1.29, 1.82) is 0 Å². The van der Waals surface area contributed by atoms with Crippen molar-refractivity contribution in [3.63, 3.8) is 0 Å². The Balaban J connectivity index is 1.72. The predicted molar refractivity (Wildman–Crippen MR) is 88.6 cm³/mol. The number of rotatable bonds is 2. The molecular weight excluding hydrogens is 310 g/mol. The molecule has 3 aromatic rings. The molecule has 0 bridgehead atoms. The molecule has 0 saturated carbocycles. The van der Waals surface area contributed by atoms with E-state index >= 15 is 0 Å². The van der Waals surface area contributed by atoms with E-state index in [9.17, 15) is 8.42 Å². The molecule has 2 heterocycles. The highest BCUT2D eigenvalue weighted by molar-refractivity contribution is 7.89. The number of aromatic nitrogens is 2. The summed E-state index contributed by atoms with van der Waals surface area (Å²) in [6.45, 7) is 2.80. The SMILES string of the molecule is Cc1nc2ccc(S(=O)(=O)N3CCc4ccccc4C3)cc2[nH]1. The molecule has 0 atom stereocenters. The number of hydrogen-bond donors (Lipinski definition) is 1. The van der Waals surface area contributed by atoms with Crippen molar-refractivity contribution in [1.82, 2.24) is 14.3 Å². The van der Waals surface area contributed by atoms with E-state index in [1.54, 1.807) is 22.5 Å². The van der Waals surface area contributed by atoms with Crippen LogP contribution in [-0.2, 0) is 23.0 Å². The van der Waals surface area contributed by atoms with Gasteiger partial charge in [-0.1, -0.05) is 24.3 Å². The van der Waals surface area contributed by atoms with Gasteiger partial charge in [0, 0.05) is 13.1 Å². The molecule has 0 radical (unpaired) electrons. The van der Waals surface area contributed by atoms with E-state index in [1.165, 1.54) is 5.56 Å². The Labute approximate surface area is 135 Å². The average Bonchev–Trinajstić information content (AvgIpc) is 2.93. The van der Waals surface area contributed by atoms with Crippen molar-refractivity contribution in [3.8, 4) is 0 Å². The maximum atomic E-state index is 12.9. The van der Waals surface area contributed by atoms with Gasteiger partial charge in [0.05, 0.1) is 15.9 Å². The maximum absolute atomic E-state index is 12.9. The lowest BCUT2D eigenvalue weighted by Gasteiger charge is -2.28. The number of nitrogens with zero attached hydrogens (tertiary/aromatic N) is 2. The predicted octanol–water partition coefficient (Wildman–Crippen LogP) is 2.62. The smallest absolute Gasteiger partial charge is 0.243 e. The highest BCUT2D eigenvalue weighted by atomic mass is 32.2. The van der Waals surface area contributed by atoms with Crippen LogP contribution in [0.2, 0.25) is 0 Å². The molecule has 1 aliphatic heterocycles. The fourth-order valence-corrected chi connectivity index (χ4v) is 4.55. The molecule has 118 valence electrons. The zero-order valence-electron chi connectivity index (χ0n) is 12.8. The summed E-state index contributed by atoms with van der Waals surface area (Å²) in [4.78, 5) is 7.72. The Morgan fingerprint density at radius 3 is 2.74 bits per heavy atom.